The third-order valence-corrected chi connectivity index (χ3v) is 3.02. The van der Waals surface area contributed by atoms with Crippen LogP contribution in [0, 0.1) is 0 Å². The fourth-order valence-electron chi connectivity index (χ4n) is 2.09. The lowest BCUT2D eigenvalue weighted by Crippen LogP contribution is -2.36. The van der Waals surface area contributed by atoms with Crippen molar-refractivity contribution in [3.63, 3.8) is 0 Å². The van der Waals surface area contributed by atoms with Gasteiger partial charge in [-0.25, -0.2) is 0 Å². The molecule has 0 amide bonds. The molecule has 0 aliphatic heterocycles. The average Bonchev–Trinajstić information content (AvgIpc) is 2.39. The van der Waals surface area contributed by atoms with Crippen LogP contribution < -0.4 is 4.90 Å². The van der Waals surface area contributed by atoms with Crippen LogP contribution in [0.3, 0.4) is 0 Å². The first-order valence-corrected chi connectivity index (χ1v) is 6.20. The van der Waals surface area contributed by atoms with Crippen LogP contribution in [-0.4, -0.2) is 34.4 Å². The zero-order valence-electron chi connectivity index (χ0n) is 10.6. The molecule has 0 bridgehead atoms. The third kappa shape index (κ3) is 3.68. The van der Waals surface area contributed by atoms with Crippen molar-refractivity contribution in [1.82, 2.24) is 4.98 Å². The minimum Gasteiger partial charge on any atom is -0.395 e. The molecule has 1 heterocycles. The number of pyridine rings is 1. The lowest BCUT2D eigenvalue weighted by atomic mass is 10.1. The van der Waals surface area contributed by atoms with E-state index in [9.17, 15) is 0 Å². The number of aliphatic hydroxyl groups is 2. The predicted octanol–water partition coefficient (Wildman–Crippen LogP) is 1.56. The fourth-order valence-corrected chi connectivity index (χ4v) is 2.09. The van der Waals surface area contributed by atoms with Crippen molar-refractivity contribution >= 4 is 5.69 Å². The largest absolute Gasteiger partial charge is 0.395 e. The van der Waals surface area contributed by atoms with E-state index in [1.807, 2.05) is 12.1 Å². The number of anilines is 1. The summed E-state index contributed by atoms with van der Waals surface area (Å²) >= 11 is 0. The molecule has 0 atom stereocenters. The number of aliphatic hydroxyl groups excluding tert-OH is 2. The fraction of sp³-hybridized carbons (Fsp3) is 0.615. The van der Waals surface area contributed by atoms with Gasteiger partial charge in [0.15, 0.2) is 0 Å². The molecule has 4 heteroatoms. The average molecular weight is 238 g/mol. The van der Waals surface area contributed by atoms with Crippen molar-refractivity contribution in [1.29, 1.82) is 0 Å². The van der Waals surface area contributed by atoms with E-state index in [0.717, 1.165) is 18.5 Å². The van der Waals surface area contributed by atoms with Gasteiger partial charge in [-0.1, -0.05) is 13.8 Å². The standard InChI is InChI=1S/C13H22N2O2/c1-3-12(4-2)15(7-8-16)13-5-6-14-11(9-13)10-17/h5-6,9,12,16-17H,3-4,7-8,10H2,1-2H3. The number of nitrogens with zero attached hydrogens (tertiary/aromatic N) is 2. The second-order valence-electron chi connectivity index (χ2n) is 4.05. The van der Waals surface area contributed by atoms with Gasteiger partial charge in [0.05, 0.1) is 18.9 Å². The van der Waals surface area contributed by atoms with Gasteiger partial charge in [0.2, 0.25) is 0 Å². The van der Waals surface area contributed by atoms with E-state index in [1.54, 1.807) is 6.20 Å². The Morgan fingerprint density at radius 3 is 2.53 bits per heavy atom. The van der Waals surface area contributed by atoms with Gasteiger partial charge in [0.25, 0.3) is 0 Å². The summed E-state index contributed by atoms with van der Waals surface area (Å²) in [5.41, 5.74) is 1.68. The van der Waals surface area contributed by atoms with E-state index in [1.165, 1.54) is 0 Å². The lowest BCUT2D eigenvalue weighted by Gasteiger charge is -2.32. The highest BCUT2D eigenvalue weighted by atomic mass is 16.3. The van der Waals surface area contributed by atoms with Crippen molar-refractivity contribution in [3.8, 4) is 0 Å². The Balaban J connectivity index is 2.94. The highest BCUT2D eigenvalue weighted by molar-refractivity contribution is 5.47. The maximum absolute atomic E-state index is 9.16. The summed E-state index contributed by atoms with van der Waals surface area (Å²) < 4.78 is 0. The minimum atomic E-state index is -0.0519. The summed E-state index contributed by atoms with van der Waals surface area (Å²) in [7, 11) is 0. The maximum atomic E-state index is 9.16. The van der Waals surface area contributed by atoms with Crippen LogP contribution >= 0.6 is 0 Å². The zero-order chi connectivity index (χ0) is 12.7. The predicted molar refractivity (Wildman–Crippen MR) is 69.0 cm³/mol. The van der Waals surface area contributed by atoms with Gasteiger partial charge >= 0.3 is 0 Å². The molecular weight excluding hydrogens is 216 g/mol. The van der Waals surface area contributed by atoms with E-state index in [2.05, 4.69) is 23.7 Å². The molecule has 0 fully saturated rings. The van der Waals surface area contributed by atoms with Crippen molar-refractivity contribution in [2.75, 3.05) is 18.1 Å². The molecule has 4 nitrogen and oxygen atoms in total. The van der Waals surface area contributed by atoms with Crippen molar-refractivity contribution in [2.45, 2.75) is 39.3 Å². The van der Waals surface area contributed by atoms with Crippen LogP contribution in [-0.2, 0) is 6.61 Å². The van der Waals surface area contributed by atoms with E-state index < -0.39 is 0 Å². The molecule has 0 aliphatic carbocycles. The second-order valence-corrected chi connectivity index (χ2v) is 4.05. The molecule has 0 saturated heterocycles. The molecule has 0 unspecified atom stereocenters. The lowest BCUT2D eigenvalue weighted by molar-refractivity contribution is 0.276. The van der Waals surface area contributed by atoms with Gasteiger partial charge < -0.3 is 15.1 Å². The summed E-state index contributed by atoms with van der Waals surface area (Å²) in [6.07, 6.45) is 3.77. The van der Waals surface area contributed by atoms with Gasteiger partial charge in [0, 0.05) is 24.5 Å². The molecule has 1 rings (SSSR count). The van der Waals surface area contributed by atoms with Crippen molar-refractivity contribution in [2.24, 2.45) is 0 Å². The summed E-state index contributed by atoms with van der Waals surface area (Å²) in [6.45, 7) is 4.98. The van der Waals surface area contributed by atoms with E-state index >= 15 is 0 Å². The highest BCUT2D eigenvalue weighted by Crippen LogP contribution is 2.20. The van der Waals surface area contributed by atoms with Crippen LogP contribution in [0.15, 0.2) is 18.3 Å². The van der Waals surface area contributed by atoms with Crippen LogP contribution in [0.1, 0.15) is 32.4 Å². The molecule has 1 aromatic rings. The summed E-state index contributed by atoms with van der Waals surface area (Å²) in [5.74, 6) is 0. The van der Waals surface area contributed by atoms with E-state index in [4.69, 9.17) is 10.2 Å². The molecule has 17 heavy (non-hydrogen) atoms. The summed E-state index contributed by atoms with van der Waals surface area (Å²) in [6, 6.07) is 4.22. The van der Waals surface area contributed by atoms with Gasteiger partial charge in [-0.3, -0.25) is 4.98 Å². The Kier molecular flexibility index (Phi) is 5.94. The second kappa shape index (κ2) is 7.25. The molecule has 0 saturated carbocycles. The van der Waals surface area contributed by atoms with Crippen LogP contribution in [0.5, 0.6) is 0 Å². The molecule has 1 aromatic heterocycles. The van der Waals surface area contributed by atoms with Gasteiger partial charge in [-0.15, -0.1) is 0 Å². The molecule has 0 spiro atoms. The van der Waals surface area contributed by atoms with Gasteiger partial charge in [0.1, 0.15) is 0 Å². The van der Waals surface area contributed by atoms with E-state index in [-0.39, 0.29) is 13.2 Å². The quantitative estimate of drug-likeness (QED) is 0.757. The Hall–Kier alpha value is -1.13. The smallest absolute Gasteiger partial charge is 0.0853 e. The first kappa shape index (κ1) is 13.9. The maximum Gasteiger partial charge on any atom is 0.0853 e. The SMILES string of the molecule is CCC(CC)N(CCO)c1ccnc(CO)c1. The van der Waals surface area contributed by atoms with Gasteiger partial charge in [-0.2, -0.15) is 0 Å². The molecule has 0 aromatic carbocycles. The number of hydrogen-bond donors (Lipinski definition) is 2. The summed E-state index contributed by atoms with van der Waals surface area (Å²) in [4.78, 5) is 6.25. The first-order chi connectivity index (χ1) is 8.26. The normalized spacial score (nSPS) is 10.9. The number of rotatable bonds is 7. The molecule has 96 valence electrons. The molecule has 2 N–H and O–H groups in total. The molecular formula is C13H22N2O2. The number of hydrogen-bond acceptors (Lipinski definition) is 4. The van der Waals surface area contributed by atoms with Crippen LogP contribution in [0.2, 0.25) is 0 Å². The topological polar surface area (TPSA) is 56.6 Å². The monoisotopic (exact) mass is 238 g/mol. The van der Waals surface area contributed by atoms with E-state index in [0.29, 0.717) is 18.3 Å². The van der Waals surface area contributed by atoms with Gasteiger partial charge in [-0.05, 0) is 25.0 Å². The zero-order valence-corrected chi connectivity index (χ0v) is 10.6. The Labute approximate surface area is 103 Å². The highest BCUT2D eigenvalue weighted by Gasteiger charge is 2.15. The minimum absolute atomic E-state index is 0.0519. The van der Waals surface area contributed by atoms with Crippen molar-refractivity contribution < 1.29 is 10.2 Å². The van der Waals surface area contributed by atoms with Crippen molar-refractivity contribution in [3.05, 3.63) is 24.0 Å². The Bertz CT molecular complexity index is 327. The Morgan fingerprint density at radius 1 is 1.29 bits per heavy atom. The van der Waals surface area contributed by atoms with Crippen LogP contribution in [0.25, 0.3) is 0 Å². The number of aromatic nitrogens is 1. The summed E-state index contributed by atoms with van der Waals surface area (Å²) in [5, 5.41) is 18.3. The molecule has 0 aliphatic rings. The Morgan fingerprint density at radius 2 is 2.00 bits per heavy atom. The first-order valence-electron chi connectivity index (χ1n) is 6.20. The van der Waals surface area contributed by atoms with Crippen LogP contribution in [0.4, 0.5) is 5.69 Å². The third-order valence-electron chi connectivity index (χ3n) is 3.02. The molecule has 0 radical (unpaired) electrons.